The van der Waals surface area contributed by atoms with Crippen molar-refractivity contribution in [2.24, 2.45) is 11.8 Å². The van der Waals surface area contributed by atoms with Crippen molar-refractivity contribution < 1.29 is 19.5 Å². The molecule has 1 heterocycles. The second-order valence-electron chi connectivity index (χ2n) is 6.30. The molecule has 2 amide bonds. The van der Waals surface area contributed by atoms with Gasteiger partial charge in [0, 0.05) is 31.3 Å². The van der Waals surface area contributed by atoms with Gasteiger partial charge in [-0.05, 0) is 37.0 Å². The summed E-state index contributed by atoms with van der Waals surface area (Å²) in [4.78, 5) is 36.8. The van der Waals surface area contributed by atoms with Crippen molar-refractivity contribution in [2.75, 3.05) is 18.4 Å². The third-order valence-electron chi connectivity index (χ3n) is 4.08. The van der Waals surface area contributed by atoms with Crippen molar-refractivity contribution in [1.29, 1.82) is 0 Å². The molecule has 0 aromatic heterocycles. The van der Waals surface area contributed by atoms with Gasteiger partial charge in [-0.25, -0.2) is 0 Å². The number of hydrogen-bond acceptors (Lipinski definition) is 3. The lowest BCUT2D eigenvalue weighted by Gasteiger charge is -2.35. The molecule has 1 saturated heterocycles. The van der Waals surface area contributed by atoms with E-state index < -0.39 is 11.9 Å². The van der Waals surface area contributed by atoms with Gasteiger partial charge in [0.05, 0.1) is 5.92 Å². The molecule has 0 saturated carbocycles. The molecular formula is C17H22N2O4. The summed E-state index contributed by atoms with van der Waals surface area (Å²) >= 11 is 0. The van der Waals surface area contributed by atoms with Crippen LogP contribution in [0.25, 0.3) is 0 Å². The van der Waals surface area contributed by atoms with Crippen molar-refractivity contribution in [3.05, 3.63) is 29.3 Å². The number of benzene rings is 1. The van der Waals surface area contributed by atoms with Crippen LogP contribution < -0.4 is 5.32 Å². The van der Waals surface area contributed by atoms with Gasteiger partial charge in [-0.3, -0.25) is 14.4 Å². The summed E-state index contributed by atoms with van der Waals surface area (Å²) in [6, 6.07) is 5.17. The minimum Gasteiger partial charge on any atom is -0.481 e. The summed E-state index contributed by atoms with van der Waals surface area (Å²) in [6.45, 7) is 5.96. The lowest BCUT2D eigenvalue weighted by Crippen LogP contribution is -2.45. The minimum absolute atomic E-state index is 0.146. The molecule has 1 aliphatic rings. The van der Waals surface area contributed by atoms with E-state index in [2.05, 4.69) is 5.32 Å². The molecule has 124 valence electrons. The smallest absolute Gasteiger partial charge is 0.308 e. The quantitative estimate of drug-likeness (QED) is 0.894. The van der Waals surface area contributed by atoms with Crippen LogP contribution in [0.5, 0.6) is 0 Å². The van der Waals surface area contributed by atoms with Gasteiger partial charge in [0.1, 0.15) is 0 Å². The molecule has 6 nitrogen and oxygen atoms in total. The van der Waals surface area contributed by atoms with E-state index in [1.165, 1.54) is 6.92 Å². The largest absolute Gasteiger partial charge is 0.481 e. The van der Waals surface area contributed by atoms with Gasteiger partial charge in [-0.2, -0.15) is 0 Å². The van der Waals surface area contributed by atoms with Gasteiger partial charge in [-0.15, -0.1) is 0 Å². The Bertz CT molecular complexity index is 641. The van der Waals surface area contributed by atoms with Gasteiger partial charge >= 0.3 is 5.97 Å². The second kappa shape index (κ2) is 6.81. The molecule has 2 rings (SSSR count). The Morgan fingerprint density at radius 1 is 1.26 bits per heavy atom. The fourth-order valence-electron chi connectivity index (χ4n) is 3.00. The van der Waals surface area contributed by atoms with Crippen LogP contribution in [0.15, 0.2) is 18.2 Å². The molecule has 0 aliphatic carbocycles. The number of carbonyl (C=O) groups is 3. The fraction of sp³-hybridized carbons (Fsp3) is 0.471. The number of aryl methyl sites for hydroxylation is 1. The van der Waals surface area contributed by atoms with Crippen molar-refractivity contribution in [2.45, 2.75) is 27.2 Å². The highest BCUT2D eigenvalue weighted by atomic mass is 16.4. The van der Waals surface area contributed by atoms with Crippen LogP contribution in [-0.4, -0.2) is 40.9 Å². The number of carboxylic acids is 1. The maximum Gasteiger partial charge on any atom is 0.308 e. The first kappa shape index (κ1) is 17.0. The monoisotopic (exact) mass is 318 g/mol. The maximum atomic E-state index is 12.8. The van der Waals surface area contributed by atoms with E-state index in [9.17, 15) is 19.5 Å². The number of likely N-dealkylation sites (tertiary alicyclic amines) is 1. The van der Waals surface area contributed by atoms with E-state index in [0.717, 1.165) is 5.56 Å². The molecule has 2 atom stereocenters. The highest BCUT2D eigenvalue weighted by Gasteiger charge is 2.32. The predicted octanol–water partition coefficient (Wildman–Crippen LogP) is 2.14. The Morgan fingerprint density at radius 3 is 2.57 bits per heavy atom. The molecule has 1 aromatic carbocycles. The van der Waals surface area contributed by atoms with E-state index in [0.29, 0.717) is 24.2 Å². The zero-order chi connectivity index (χ0) is 17.1. The molecular weight excluding hydrogens is 296 g/mol. The van der Waals surface area contributed by atoms with E-state index in [1.807, 2.05) is 13.8 Å². The number of aliphatic carboxylic acids is 1. The Balaban J connectivity index is 2.25. The van der Waals surface area contributed by atoms with Crippen molar-refractivity contribution in [1.82, 2.24) is 4.90 Å². The number of anilines is 1. The SMILES string of the molecule is CC(=O)Nc1ccc(C)c(C(=O)N2CC(C)CC(C(=O)O)C2)c1. The van der Waals surface area contributed by atoms with Crippen molar-refractivity contribution in [3.8, 4) is 0 Å². The van der Waals surface area contributed by atoms with Crippen LogP contribution in [0, 0.1) is 18.8 Å². The summed E-state index contributed by atoms with van der Waals surface area (Å²) in [5.74, 6) is -1.63. The molecule has 23 heavy (non-hydrogen) atoms. The number of nitrogens with zero attached hydrogens (tertiary/aromatic N) is 1. The van der Waals surface area contributed by atoms with Crippen molar-refractivity contribution in [3.63, 3.8) is 0 Å². The van der Waals surface area contributed by atoms with Crippen LogP contribution in [0.1, 0.15) is 36.2 Å². The van der Waals surface area contributed by atoms with Crippen LogP contribution >= 0.6 is 0 Å². The van der Waals surface area contributed by atoms with Crippen LogP contribution in [0.4, 0.5) is 5.69 Å². The molecule has 0 bridgehead atoms. The normalized spacial score (nSPS) is 20.9. The standard InChI is InChI=1S/C17H22N2O4/c1-10-6-13(17(22)23)9-19(8-10)16(21)15-7-14(18-12(3)20)5-4-11(15)2/h4-5,7,10,13H,6,8-9H2,1-3H3,(H,18,20)(H,22,23). The molecule has 2 N–H and O–H groups in total. The minimum atomic E-state index is -0.863. The van der Waals surface area contributed by atoms with Crippen LogP contribution in [0.2, 0.25) is 0 Å². The lowest BCUT2D eigenvalue weighted by molar-refractivity contribution is -0.143. The van der Waals surface area contributed by atoms with Gasteiger partial charge < -0.3 is 15.3 Å². The third-order valence-corrected chi connectivity index (χ3v) is 4.08. The van der Waals surface area contributed by atoms with Gasteiger partial charge in [-0.1, -0.05) is 13.0 Å². The van der Waals surface area contributed by atoms with Crippen molar-refractivity contribution >= 4 is 23.5 Å². The Hall–Kier alpha value is -2.37. The zero-order valence-corrected chi connectivity index (χ0v) is 13.6. The molecule has 1 aromatic rings. The topological polar surface area (TPSA) is 86.7 Å². The summed E-state index contributed by atoms with van der Waals surface area (Å²) in [5.41, 5.74) is 1.86. The molecule has 1 fully saturated rings. The number of hydrogen-bond donors (Lipinski definition) is 2. The third kappa shape index (κ3) is 4.09. The second-order valence-corrected chi connectivity index (χ2v) is 6.30. The Labute approximate surface area is 135 Å². The predicted molar refractivity (Wildman–Crippen MR) is 86.3 cm³/mol. The number of piperidine rings is 1. The summed E-state index contributed by atoms with van der Waals surface area (Å²) in [7, 11) is 0. The molecule has 1 aliphatic heterocycles. The van der Waals surface area contributed by atoms with E-state index in [4.69, 9.17) is 0 Å². The van der Waals surface area contributed by atoms with E-state index >= 15 is 0 Å². The maximum absolute atomic E-state index is 12.8. The number of carbonyl (C=O) groups excluding carboxylic acids is 2. The first-order chi connectivity index (χ1) is 10.8. The van der Waals surface area contributed by atoms with E-state index in [1.54, 1.807) is 23.1 Å². The Kier molecular flexibility index (Phi) is 5.03. The molecule has 2 unspecified atom stereocenters. The number of nitrogens with one attached hydrogen (secondary N) is 1. The Morgan fingerprint density at radius 2 is 1.96 bits per heavy atom. The van der Waals surface area contributed by atoms with Crippen LogP contribution in [-0.2, 0) is 9.59 Å². The number of carboxylic acid groups (broad SMARTS) is 1. The zero-order valence-electron chi connectivity index (χ0n) is 13.6. The number of rotatable bonds is 3. The average molecular weight is 318 g/mol. The first-order valence-corrected chi connectivity index (χ1v) is 7.68. The summed E-state index contributed by atoms with van der Waals surface area (Å²) < 4.78 is 0. The molecule has 0 spiro atoms. The van der Waals surface area contributed by atoms with Gasteiger partial charge in [0.15, 0.2) is 0 Å². The van der Waals surface area contributed by atoms with Crippen LogP contribution in [0.3, 0.4) is 0 Å². The van der Waals surface area contributed by atoms with Gasteiger partial charge in [0.2, 0.25) is 5.91 Å². The number of amides is 2. The first-order valence-electron chi connectivity index (χ1n) is 7.68. The lowest BCUT2D eigenvalue weighted by atomic mass is 9.90. The average Bonchev–Trinajstić information content (AvgIpc) is 2.47. The highest BCUT2D eigenvalue weighted by Crippen LogP contribution is 2.25. The van der Waals surface area contributed by atoms with E-state index in [-0.39, 0.29) is 24.3 Å². The van der Waals surface area contributed by atoms with Gasteiger partial charge in [0.25, 0.3) is 5.91 Å². The fourth-order valence-corrected chi connectivity index (χ4v) is 3.00. The highest BCUT2D eigenvalue weighted by molar-refractivity contribution is 5.98. The summed E-state index contributed by atoms with van der Waals surface area (Å²) in [5, 5.41) is 11.9. The molecule has 6 heteroatoms. The molecule has 0 radical (unpaired) electrons. The summed E-state index contributed by atoms with van der Waals surface area (Å²) in [6.07, 6.45) is 0.587.